The summed E-state index contributed by atoms with van der Waals surface area (Å²) in [6.45, 7) is 3.88. The predicted octanol–water partition coefficient (Wildman–Crippen LogP) is 4.60. The largest absolute Gasteiger partial charge is 0.377 e. The van der Waals surface area contributed by atoms with Crippen molar-refractivity contribution in [1.29, 1.82) is 0 Å². The molecule has 0 saturated heterocycles. The molecule has 1 N–H and O–H groups in total. The molecule has 5 nitrogen and oxygen atoms in total. The lowest BCUT2D eigenvalue weighted by molar-refractivity contribution is 0.354. The van der Waals surface area contributed by atoms with E-state index < -0.39 is 0 Å². The minimum absolute atomic E-state index is 0.0208. The molecule has 0 bridgehead atoms. The SMILES string of the molecule is C[C@@H]1c2ccccc2N[C@H]2c3c(nc4ccccn4c3=O)N(Cc3ccccc3)C[C@@H]12. The van der Waals surface area contributed by atoms with E-state index in [1.54, 1.807) is 4.40 Å². The first-order chi connectivity index (χ1) is 15.2. The van der Waals surface area contributed by atoms with Gasteiger partial charge in [-0.05, 0) is 35.2 Å². The number of aromatic nitrogens is 2. The summed E-state index contributed by atoms with van der Waals surface area (Å²) < 4.78 is 1.68. The van der Waals surface area contributed by atoms with Gasteiger partial charge in [-0.3, -0.25) is 9.20 Å². The smallest absolute Gasteiger partial charge is 0.265 e. The summed E-state index contributed by atoms with van der Waals surface area (Å²) in [6, 6.07) is 24.6. The number of benzene rings is 2. The molecular formula is C26H24N4O. The lowest BCUT2D eigenvalue weighted by atomic mass is 9.74. The lowest BCUT2D eigenvalue weighted by Crippen LogP contribution is -2.47. The molecule has 2 aromatic heterocycles. The monoisotopic (exact) mass is 408 g/mol. The quantitative estimate of drug-likeness (QED) is 0.527. The van der Waals surface area contributed by atoms with Crippen LogP contribution in [0.2, 0.25) is 0 Å². The van der Waals surface area contributed by atoms with Crippen LogP contribution in [-0.2, 0) is 6.54 Å². The highest BCUT2D eigenvalue weighted by atomic mass is 16.1. The summed E-state index contributed by atoms with van der Waals surface area (Å²) in [5.41, 5.74) is 5.15. The fraction of sp³-hybridized carbons (Fsp3) is 0.231. The Morgan fingerprint density at radius 2 is 1.77 bits per heavy atom. The van der Waals surface area contributed by atoms with Crippen LogP contribution >= 0.6 is 0 Å². The van der Waals surface area contributed by atoms with Crippen LogP contribution in [0.1, 0.15) is 35.6 Å². The van der Waals surface area contributed by atoms with Crippen molar-refractivity contribution in [2.45, 2.75) is 25.4 Å². The molecule has 0 spiro atoms. The van der Waals surface area contributed by atoms with Gasteiger partial charge in [0.2, 0.25) is 0 Å². The summed E-state index contributed by atoms with van der Waals surface area (Å²) in [4.78, 5) is 21.0. The molecule has 4 heterocycles. The van der Waals surface area contributed by atoms with Crippen LogP contribution in [0, 0.1) is 5.92 Å². The zero-order chi connectivity index (χ0) is 20.9. The Morgan fingerprint density at radius 1 is 1.00 bits per heavy atom. The second-order valence-electron chi connectivity index (χ2n) is 8.61. The first-order valence-corrected chi connectivity index (χ1v) is 10.9. The van der Waals surface area contributed by atoms with E-state index in [1.165, 1.54) is 11.1 Å². The zero-order valence-corrected chi connectivity index (χ0v) is 17.4. The Bertz CT molecular complexity index is 1330. The van der Waals surface area contributed by atoms with Gasteiger partial charge in [-0.1, -0.05) is 61.5 Å². The molecular weight excluding hydrogens is 384 g/mol. The van der Waals surface area contributed by atoms with Gasteiger partial charge in [-0.15, -0.1) is 0 Å². The maximum Gasteiger partial charge on any atom is 0.265 e. The molecule has 2 aliphatic heterocycles. The van der Waals surface area contributed by atoms with E-state index in [4.69, 9.17) is 4.98 Å². The Morgan fingerprint density at radius 3 is 2.65 bits per heavy atom. The average molecular weight is 409 g/mol. The van der Waals surface area contributed by atoms with Crippen molar-refractivity contribution < 1.29 is 0 Å². The number of nitrogens with one attached hydrogen (secondary N) is 1. The fourth-order valence-electron chi connectivity index (χ4n) is 5.26. The van der Waals surface area contributed by atoms with Crippen molar-refractivity contribution in [3.8, 4) is 0 Å². The van der Waals surface area contributed by atoms with Gasteiger partial charge in [0, 0.05) is 30.9 Å². The Kier molecular flexibility index (Phi) is 4.10. The van der Waals surface area contributed by atoms with E-state index >= 15 is 0 Å². The number of nitrogens with zero attached hydrogens (tertiary/aromatic N) is 3. The van der Waals surface area contributed by atoms with Crippen LogP contribution in [0.15, 0.2) is 83.8 Å². The van der Waals surface area contributed by atoms with Crippen LogP contribution in [0.5, 0.6) is 0 Å². The molecule has 4 aromatic rings. The maximum absolute atomic E-state index is 13.7. The standard InChI is InChI=1S/C26H24N4O/c1-17-19-11-5-6-12-21(19)27-24-20(17)16-29(15-18-9-3-2-4-10-18)25-23(24)26(31)30-14-8-7-13-22(30)28-25/h2-14,17,20,24,27H,15-16H2,1H3/t17-,20+,24-/m1/s1. The minimum atomic E-state index is -0.0518. The normalized spacial score (nSPS) is 21.7. The molecule has 6 rings (SSSR count). The summed E-state index contributed by atoms with van der Waals surface area (Å²) in [6.07, 6.45) is 1.82. The van der Waals surface area contributed by atoms with Crippen molar-refractivity contribution in [2.75, 3.05) is 16.8 Å². The second-order valence-corrected chi connectivity index (χ2v) is 8.61. The van der Waals surface area contributed by atoms with Gasteiger partial charge in [-0.25, -0.2) is 4.98 Å². The van der Waals surface area contributed by atoms with Gasteiger partial charge in [0.25, 0.3) is 5.56 Å². The van der Waals surface area contributed by atoms with E-state index in [9.17, 15) is 4.79 Å². The summed E-state index contributed by atoms with van der Waals surface area (Å²) >= 11 is 0. The van der Waals surface area contributed by atoms with Crippen molar-refractivity contribution in [3.63, 3.8) is 0 Å². The number of para-hydroxylation sites is 1. The molecule has 154 valence electrons. The van der Waals surface area contributed by atoms with E-state index in [0.29, 0.717) is 11.6 Å². The van der Waals surface area contributed by atoms with Gasteiger partial charge >= 0.3 is 0 Å². The maximum atomic E-state index is 13.7. The van der Waals surface area contributed by atoms with Gasteiger partial charge in [0.1, 0.15) is 11.5 Å². The molecule has 0 fully saturated rings. The van der Waals surface area contributed by atoms with Crippen LogP contribution < -0.4 is 15.8 Å². The highest BCUT2D eigenvalue weighted by molar-refractivity contribution is 5.64. The molecule has 0 unspecified atom stereocenters. The molecule has 0 aliphatic carbocycles. The fourth-order valence-corrected chi connectivity index (χ4v) is 5.26. The molecule has 31 heavy (non-hydrogen) atoms. The third kappa shape index (κ3) is 2.84. The Hall–Kier alpha value is -3.60. The van der Waals surface area contributed by atoms with Gasteiger partial charge in [0.15, 0.2) is 0 Å². The summed E-state index contributed by atoms with van der Waals surface area (Å²) in [7, 11) is 0. The Labute approximate surface area is 181 Å². The highest BCUT2D eigenvalue weighted by Gasteiger charge is 2.43. The molecule has 2 aromatic carbocycles. The first kappa shape index (κ1) is 18.2. The van der Waals surface area contributed by atoms with E-state index in [2.05, 4.69) is 65.7 Å². The first-order valence-electron chi connectivity index (χ1n) is 10.9. The number of hydrogen-bond donors (Lipinski definition) is 1. The van der Waals surface area contributed by atoms with Crippen LogP contribution in [0.3, 0.4) is 0 Å². The predicted molar refractivity (Wildman–Crippen MR) is 124 cm³/mol. The van der Waals surface area contributed by atoms with Crippen molar-refractivity contribution >= 4 is 17.2 Å². The van der Waals surface area contributed by atoms with Crippen LogP contribution in [0.4, 0.5) is 11.5 Å². The van der Waals surface area contributed by atoms with E-state index in [1.807, 2.05) is 30.5 Å². The van der Waals surface area contributed by atoms with Crippen molar-refractivity contribution in [1.82, 2.24) is 9.38 Å². The minimum Gasteiger partial charge on any atom is -0.377 e. The lowest BCUT2D eigenvalue weighted by Gasteiger charge is -2.46. The van der Waals surface area contributed by atoms with Crippen molar-refractivity contribution in [2.24, 2.45) is 5.92 Å². The van der Waals surface area contributed by atoms with Crippen LogP contribution in [-0.4, -0.2) is 15.9 Å². The second kappa shape index (κ2) is 6.98. The molecule has 3 atom stereocenters. The summed E-state index contributed by atoms with van der Waals surface area (Å²) in [5, 5.41) is 3.70. The van der Waals surface area contributed by atoms with E-state index in [-0.39, 0.29) is 17.5 Å². The van der Waals surface area contributed by atoms with Gasteiger partial charge in [-0.2, -0.15) is 0 Å². The number of pyridine rings is 1. The third-order valence-corrected chi connectivity index (χ3v) is 6.84. The highest BCUT2D eigenvalue weighted by Crippen LogP contribution is 2.48. The van der Waals surface area contributed by atoms with Crippen molar-refractivity contribution in [3.05, 3.63) is 106 Å². The average Bonchev–Trinajstić information content (AvgIpc) is 2.81. The molecule has 5 heteroatoms. The summed E-state index contributed by atoms with van der Waals surface area (Å²) in [5.74, 6) is 1.42. The van der Waals surface area contributed by atoms with E-state index in [0.717, 1.165) is 30.2 Å². The molecule has 0 radical (unpaired) electrons. The zero-order valence-electron chi connectivity index (χ0n) is 17.4. The number of anilines is 2. The number of hydrogen-bond acceptors (Lipinski definition) is 4. The third-order valence-electron chi connectivity index (χ3n) is 6.84. The van der Waals surface area contributed by atoms with Crippen LogP contribution in [0.25, 0.3) is 5.65 Å². The molecule has 2 aliphatic rings. The van der Waals surface area contributed by atoms with Gasteiger partial charge < -0.3 is 10.2 Å². The molecule has 0 amide bonds. The number of rotatable bonds is 2. The molecule has 0 saturated carbocycles. The Balaban J connectivity index is 1.55. The topological polar surface area (TPSA) is 49.6 Å². The number of fused-ring (bicyclic) bond motifs is 5. The van der Waals surface area contributed by atoms with Gasteiger partial charge in [0.05, 0.1) is 11.6 Å².